The summed E-state index contributed by atoms with van der Waals surface area (Å²) in [5.74, 6) is 0.0343. The first-order chi connectivity index (χ1) is 13.6. The molecule has 138 valence electrons. The zero-order valence-electron chi connectivity index (χ0n) is 14.7. The fraction of sp³-hybridized carbons (Fsp3) is 0.0476. The second-order valence-corrected chi connectivity index (χ2v) is 6.14. The molecule has 7 nitrogen and oxygen atoms in total. The number of hydrogen-bond acceptors (Lipinski definition) is 5. The van der Waals surface area contributed by atoms with E-state index >= 15 is 0 Å². The van der Waals surface area contributed by atoms with Crippen molar-refractivity contribution in [2.75, 3.05) is 0 Å². The topological polar surface area (TPSA) is 98.3 Å². The van der Waals surface area contributed by atoms with Gasteiger partial charge >= 0.3 is 0 Å². The van der Waals surface area contributed by atoms with Gasteiger partial charge in [-0.3, -0.25) is 14.9 Å². The molecule has 0 aliphatic rings. The molecule has 0 atom stereocenters. The first-order valence-corrected chi connectivity index (χ1v) is 8.58. The van der Waals surface area contributed by atoms with E-state index in [1.807, 2.05) is 48.5 Å². The Kier molecular flexibility index (Phi) is 4.55. The number of amides is 1. The smallest absolute Gasteiger partial charge is 0.282 e. The second kappa shape index (κ2) is 7.32. The molecule has 0 saturated heterocycles. The van der Waals surface area contributed by atoms with Crippen molar-refractivity contribution in [1.29, 1.82) is 0 Å². The Labute approximate surface area is 159 Å². The first-order valence-electron chi connectivity index (χ1n) is 8.58. The third-order valence-corrected chi connectivity index (χ3v) is 4.29. The Bertz CT molecular complexity index is 1130. The Hall–Kier alpha value is -4.00. The highest BCUT2D eigenvalue weighted by Crippen LogP contribution is 2.24. The summed E-state index contributed by atoms with van der Waals surface area (Å²) in [6.45, 7) is 0.249. The van der Waals surface area contributed by atoms with E-state index in [0.29, 0.717) is 5.89 Å². The number of fused-ring (bicyclic) bond motifs is 1. The van der Waals surface area contributed by atoms with Crippen LogP contribution in [0.15, 0.2) is 77.2 Å². The number of hydrogen-bond donors (Lipinski definition) is 1. The SMILES string of the molecule is O=C(NCc1ccc(-c2nc3ccccc3o2)cc1)c1ccccc1[N+](=O)[O-]. The molecule has 1 N–H and O–H groups in total. The van der Waals surface area contributed by atoms with Crippen LogP contribution >= 0.6 is 0 Å². The fourth-order valence-corrected chi connectivity index (χ4v) is 2.86. The predicted molar refractivity (Wildman–Crippen MR) is 104 cm³/mol. The van der Waals surface area contributed by atoms with Crippen molar-refractivity contribution in [3.8, 4) is 11.5 Å². The summed E-state index contributed by atoms with van der Waals surface area (Å²) < 4.78 is 5.74. The molecular formula is C21H15N3O4. The van der Waals surface area contributed by atoms with Crippen LogP contribution in [0.3, 0.4) is 0 Å². The molecule has 0 unspecified atom stereocenters. The van der Waals surface area contributed by atoms with E-state index in [1.54, 1.807) is 6.07 Å². The molecule has 4 rings (SSSR count). The molecule has 1 heterocycles. The van der Waals surface area contributed by atoms with Crippen molar-refractivity contribution >= 4 is 22.7 Å². The van der Waals surface area contributed by atoms with E-state index in [1.165, 1.54) is 18.2 Å². The zero-order valence-corrected chi connectivity index (χ0v) is 14.7. The summed E-state index contributed by atoms with van der Waals surface area (Å²) in [7, 11) is 0. The van der Waals surface area contributed by atoms with Gasteiger partial charge in [0.05, 0.1) is 4.92 Å². The van der Waals surface area contributed by atoms with Gasteiger partial charge in [0.25, 0.3) is 11.6 Å². The molecule has 0 fully saturated rings. The van der Waals surface area contributed by atoms with Gasteiger partial charge in [0.15, 0.2) is 5.58 Å². The lowest BCUT2D eigenvalue weighted by molar-refractivity contribution is -0.385. The minimum atomic E-state index is -0.565. The lowest BCUT2D eigenvalue weighted by atomic mass is 10.1. The number of benzene rings is 3. The zero-order chi connectivity index (χ0) is 19.5. The average Bonchev–Trinajstić information content (AvgIpc) is 3.16. The van der Waals surface area contributed by atoms with Crippen LogP contribution in [0.4, 0.5) is 5.69 Å². The van der Waals surface area contributed by atoms with Crippen LogP contribution in [0.1, 0.15) is 15.9 Å². The highest BCUT2D eigenvalue weighted by Gasteiger charge is 2.18. The van der Waals surface area contributed by atoms with Gasteiger partial charge in [-0.15, -0.1) is 0 Å². The molecule has 0 aliphatic heterocycles. The van der Waals surface area contributed by atoms with Gasteiger partial charge in [0, 0.05) is 18.2 Å². The highest BCUT2D eigenvalue weighted by atomic mass is 16.6. The van der Waals surface area contributed by atoms with Crippen LogP contribution in [-0.2, 0) is 6.54 Å². The number of nitrogens with one attached hydrogen (secondary N) is 1. The van der Waals surface area contributed by atoms with Gasteiger partial charge in [-0.1, -0.05) is 36.4 Å². The number of nitrogens with zero attached hydrogens (tertiary/aromatic N) is 2. The maximum absolute atomic E-state index is 12.3. The number of rotatable bonds is 5. The minimum Gasteiger partial charge on any atom is -0.436 e. The molecule has 0 radical (unpaired) electrons. The van der Waals surface area contributed by atoms with Gasteiger partial charge in [0.2, 0.25) is 5.89 Å². The van der Waals surface area contributed by atoms with E-state index in [0.717, 1.165) is 22.2 Å². The van der Waals surface area contributed by atoms with Crippen molar-refractivity contribution in [3.63, 3.8) is 0 Å². The normalized spacial score (nSPS) is 10.7. The third kappa shape index (κ3) is 3.45. The lowest BCUT2D eigenvalue weighted by Crippen LogP contribution is -2.23. The van der Waals surface area contributed by atoms with Crippen molar-refractivity contribution < 1.29 is 14.1 Å². The van der Waals surface area contributed by atoms with Gasteiger partial charge in [-0.05, 0) is 35.9 Å². The van der Waals surface area contributed by atoms with Crippen LogP contribution < -0.4 is 5.32 Å². The summed E-state index contributed by atoms with van der Waals surface area (Å²) in [5, 5.41) is 13.8. The Morgan fingerprint density at radius 2 is 1.71 bits per heavy atom. The van der Waals surface area contributed by atoms with E-state index in [9.17, 15) is 14.9 Å². The van der Waals surface area contributed by atoms with Crippen molar-refractivity contribution in [3.05, 3.63) is 94.0 Å². The van der Waals surface area contributed by atoms with Gasteiger partial charge in [0.1, 0.15) is 11.1 Å². The van der Waals surface area contributed by atoms with E-state index < -0.39 is 10.8 Å². The molecular weight excluding hydrogens is 358 g/mol. The van der Waals surface area contributed by atoms with E-state index in [2.05, 4.69) is 10.3 Å². The molecule has 0 spiro atoms. The summed E-state index contributed by atoms with van der Waals surface area (Å²) in [4.78, 5) is 27.2. The first kappa shape index (κ1) is 17.4. The van der Waals surface area contributed by atoms with Crippen molar-refractivity contribution in [2.24, 2.45) is 0 Å². The molecule has 1 amide bonds. The number of carbonyl (C=O) groups excluding carboxylic acids is 1. The number of oxazole rings is 1. The largest absolute Gasteiger partial charge is 0.436 e. The molecule has 7 heteroatoms. The summed E-state index contributed by atoms with van der Waals surface area (Å²) >= 11 is 0. The summed E-state index contributed by atoms with van der Waals surface area (Å²) in [6.07, 6.45) is 0. The fourth-order valence-electron chi connectivity index (χ4n) is 2.86. The summed E-state index contributed by atoms with van der Waals surface area (Å²) in [5.41, 5.74) is 3.01. The molecule has 28 heavy (non-hydrogen) atoms. The molecule has 1 aromatic heterocycles. The maximum atomic E-state index is 12.3. The number of para-hydroxylation sites is 3. The quantitative estimate of drug-likeness (QED) is 0.415. The molecule has 0 aliphatic carbocycles. The lowest BCUT2D eigenvalue weighted by Gasteiger charge is -2.06. The maximum Gasteiger partial charge on any atom is 0.282 e. The Balaban J connectivity index is 1.46. The Morgan fingerprint density at radius 3 is 2.46 bits per heavy atom. The second-order valence-electron chi connectivity index (χ2n) is 6.14. The molecule has 0 bridgehead atoms. The number of aromatic nitrogens is 1. The van der Waals surface area contributed by atoms with Crippen LogP contribution in [0.2, 0.25) is 0 Å². The van der Waals surface area contributed by atoms with Crippen LogP contribution in [0.5, 0.6) is 0 Å². The molecule has 0 saturated carbocycles. The Morgan fingerprint density at radius 1 is 1.00 bits per heavy atom. The van der Waals surface area contributed by atoms with Crippen LogP contribution in [0.25, 0.3) is 22.6 Å². The highest BCUT2D eigenvalue weighted by molar-refractivity contribution is 5.98. The van der Waals surface area contributed by atoms with Crippen molar-refractivity contribution in [1.82, 2.24) is 10.3 Å². The van der Waals surface area contributed by atoms with Crippen LogP contribution in [0, 0.1) is 10.1 Å². The number of carbonyl (C=O) groups is 1. The number of nitro benzene ring substituents is 1. The molecule has 4 aromatic rings. The third-order valence-electron chi connectivity index (χ3n) is 4.29. The van der Waals surface area contributed by atoms with Crippen molar-refractivity contribution in [2.45, 2.75) is 6.54 Å². The van der Waals surface area contributed by atoms with E-state index in [4.69, 9.17) is 4.42 Å². The van der Waals surface area contributed by atoms with Gasteiger partial charge in [-0.25, -0.2) is 4.98 Å². The van der Waals surface area contributed by atoms with E-state index in [-0.39, 0.29) is 17.8 Å². The minimum absolute atomic E-state index is 0.0376. The van der Waals surface area contributed by atoms with Crippen LogP contribution in [-0.4, -0.2) is 15.8 Å². The summed E-state index contributed by atoms with van der Waals surface area (Å²) in [6, 6.07) is 20.8. The standard InChI is InChI=1S/C21H15N3O4/c25-20(16-5-1-3-7-18(16)24(26)27)22-13-14-9-11-15(12-10-14)21-23-17-6-2-4-8-19(17)28-21/h1-12H,13H2,(H,22,25). The number of nitro groups is 1. The van der Waals surface area contributed by atoms with Gasteiger partial charge in [-0.2, -0.15) is 0 Å². The predicted octanol–water partition coefficient (Wildman–Crippen LogP) is 4.33. The monoisotopic (exact) mass is 373 g/mol. The molecule has 3 aromatic carbocycles. The average molecular weight is 373 g/mol. The van der Waals surface area contributed by atoms with Gasteiger partial charge < -0.3 is 9.73 Å².